The van der Waals surface area contributed by atoms with Crippen LogP contribution < -0.4 is 5.73 Å². The molecular weight excluding hydrogens is 241 g/mol. The minimum absolute atomic E-state index is 0.157. The molecule has 0 aromatic heterocycles. The molecule has 1 unspecified atom stereocenters. The smallest absolute Gasteiger partial charge is 0.142 e. The monoisotopic (exact) mass is 257 g/mol. The Morgan fingerprint density at radius 2 is 2.18 bits per heavy atom. The van der Waals surface area contributed by atoms with Crippen molar-refractivity contribution in [3.05, 3.63) is 34.6 Å². The first-order valence-electron chi connectivity index (χ1n) is 5.90. The Morgan fingerprint density at radius 3 is 2.94 bits per heavy atom. The lowest BCUT2D eigenvalue weighted by molar-refractivity contribution is 0.139. The number of nitrogens with two attached hydrogens (primary N) is 1. The highest BCUT2D eigenvalue weighted by atomic mass is 35.5. The summed E-state index contributed by atoms with van der Waals surface area (Å²) in [5, 5.41) is 0.157. The summed E-state index contributed by atoms with van der Waals surface area (Å²) >= 11 is 5.66. The van der Waals surface area contributed by atoms with Crippen molar-refractivity contribution in [2.75, 3.05) is 13.2 Å². The molecule has 4 heteroatoms. The van der Waals surface area contributed by atoms with E-state index in [1.165, 1.54) is 6.07 Å². The van der Waals surface area contributed by atoms with Crippen LogP contribution in [-0.4, -0.2) is 18.8 Å². The fraction of sp³-hybridized carbons (Fsp3) is 0.538. The number of benzene rings is 1. The predicted molar refractivity (Wildman–Crippen MR) is 66.7 cm³/mol. The lowest BCUT2D eigenvalue weighted by atomic mass is 9.85. The molecule has 1 aromatic rings. The molecule has 1 aliphatic rings. The summed E-state index contributed by atoms with van der Waals surface area (Å²) in [6, 6.07) is 4.90. The van der Waals surface area contributed by atoms with Crippen molar-refractivity contribution in [1.82, 2.24) is 0 Å². The largest absolute Gasteiger partial charge is 0.381 e. The zero-order chi connectivity index (χ0) is 12.3. The van der Waals surface area contributed by atoms with Crippen LogP contribution in [0.4, 0.5) is 4.39 Å². The molecule has 2 rings (SSSR count). The van der Waals surface area contributed by atoms with E-state index in [1.807, 2.05) is 6.07 Å². The van der Waals surface area contributed by atoms with Gasteiger partial charge in [0.15, 0.2) is 0 Å². The fourth-order valence-electron chi connectivity index (χ4n) is 2.26. The molecule has 0 radical (unpaired) electrons. The highest BCUT2D eigenvalue weighted by molar-refractivity contribution is 6.30. The third kappa shape index (κ3) is 3.41. The molecule has 0 spiro atoms. The van der Waals surface area contributed by atoms with Crippen LogP contribution in [0.25, 0.3) is 0 Å². The molecule has 2 nitrogen and oxygen atoms in total. The highest BCUT2D eigenvalue weighted by Gasteiger charge is 2.27. The Kier molecular flexibility index (Phi) is 4.02. The lowest BCUT2D eigenvalue weighted by Gasteiger charge is -2.27. The van der Waals surface area contributed by atoms with E-state index in [2.05, 4.69) is 0 Å². The number of ether oxygens (including phenoxy) is 1. The van der Waals surface area contributed by atoms with Gasteiger partial charge in [-0.1, -0.05) is 17.7 Å². The second kappa shape index (κ2) is 5.34. The van der Waals surface area contributed by atoms with Gasteiger partial charge in [-0.05, 0) is 43.4 Å². The van der Waals surface area contributed by atoms with Crippen molar-refractivity contribution in [2.45, 2.75) is 31.2 Å². The van der Waals surface area contributed by atoms with Crippen molar-refractivity contribution in [2.24, 2.45) is 5.73 Å². The Labute approximate surface area is 106 Å². The van der Waals surface area contributed by atoms with Crippen molar-refractivity contribution in [1.29, 1.82) is 0 Å². The maximum Gasteiger partial charge on any atom is 0.142 e. The zero-order valence-electron chi connectivity index (χ0n) is 9.72. The van der Waals surface area contributed by atoms with Gasteiger partial charge in [-0.2, -0.15) is 0 Å². The summed E-state index contributed by atoms with van der Waals surface area (Å²) < 4.78 is 18.7. The SMILES string of the molecule is NC1(Cc2ccc(Cl)c(F)c2)CCCOCC1. The van der Waals surface area contributed by atoms with E-state index in [9.17, 15) is 4.39 Å². The lowest BCUT2D eigenvalue weighted by Crippen LogP contribution is -2.42. The first-order chi connectivity index (χ1) is 8.09. The van der Waals surface area contributed by atoms with Crippen molar-refractivity contribution >= 4 is 11.6 Å². The van der Waals surface area contributed by atoms with Gasteiger partial charge in [-0.15, -0.1) is 0 Å². The molecule has 17 heavy (non-hydrogen) atoms. The van der Waals surface area contributed by atoms with Gasteiger partial charge < -0.3 is 10.5 Å². The molecular formula is C13H17ClFNO. The van der Waals surface area contributed by atoms with Crippen LogP contribution in [0.2, 0.25) is 5.02 Å². The summed E-state index contributed by atoms with van der Waals surface area (Å²) in [6.07, 6.45) is 3.37. The van der Waals surface area contributed by atoms with E-state index in [1.54, 1.807) is 6.07 Å². The summed E-state index contributed by atoms with van der Waals surface area (Å²) in [5.74, 6) is -0.377. The molecule has 1 fully saturated rings. The molecule has 1 aromatic carbocycles. The molecule has 1 saturated heterocycles. The van der Waals surface area contributed by atoms with Crippen LogP contribution in [0.1, 0.15) is 24.8 Å². The Hall–Kier alpha value is -0.640. The fourth-order valence-corrected chi connectivity index (χ4v) is 2.38. The number of rotatable bonds is 2. The predicted octanol–water partition coefficient (Wildman–Crippen LogP) is 2.92. The molecule has 2 N–H and O–H groups in total. The van der Waals surface area contributed by atoms with Crippen LogP contribution in [0.3, 0.4) is 0 Å². The molecule has 0 aliphatic carbocycles. The maximum absolute atomic E-state index is 13.3. The third-order valence-corrected chi connectivity index (χ3v) is 3.55. The van der Waals surface area contributed by atoms with Gasteiger partial charge in [0.1, 0.15) is 5.82 Å². The van der Waals surface area contributed by atoms with Crippen LogP contribution in [0.5, 0.6) is 0 Å². The summed E-state index contributed by atoms with van der Waals surface area (Å²) in [5.41, 5.74) is 6.96. The molecule has 1 heterocycles. The first-order valence-corrected chi connectivity index (χ1v) is 6.27. The second-order valence-corrected chi connectivity index (χ2v) is 5.16. The normalized spacial score (nSPS) is 25.6. The van der Waals surface area contributed by atoms with Gasteiger partial charge in [0, 0.05) is 18.8 Å². The number of halogens is 2. The van der Waals surface area contributed by atoms with Gasteiger partial charge >= 0.3 is 0 Å². The van der Waals surface area contributed by atoms with Gasteiger partial charge in [0.2, 0.25) is 0 Å². The zero-order valence-corrected chi connectivity index (χ0v) is 10.5. The van der Waals surface area contributed by atoms with E-state index < -0.39 is 0 Å². The van der Waals surface area contributed by atoms with E-state index >= 15 is 0 Å². The Bertz CT molecular complexity index is 389. The molecule has 94 valence electrons. The third-order valence-electron chi connectivity index (χ3n) is 3.25. The summed E-state index contributed by atoms with van der Waals surface area (Å²) in [7, 11) is 0. The summed E-state index contributed by atoms with van der Waals surface area (Å²) in [6.45, 7) is 1.46. The molecule has 1 atom stereocenters. The highest BCUT2D eigenvalue weighted by Crippen LogP contribution is 2.25. The molecule has 0 saturated carbocycles. The van der Waals surface area contributed by atoms with Gasteiger partial charge in [-0.25, -0.2) is 4.39 Å². The minimum atomic E-state index is -0.377. The number of hydrogen-bond donors (Lipinski definition) is 1. The topological polar surface area (TPSA) is 35.2 Å². The average molecular weight is 258 g/mol. The van der Waals surface area contributed by atoms with Crippen LogP contribution in [0.15, 0.2) is 18.2 Å². The molecule has 0 bridgehead atoms. The molecule has 0 amide bonds. The maximum atomic E-state index is 13.3. The van der Waals surface area contributed by atoms with Gasteiger partial charge in [-0.3, -0.25) is 0 Å². The quantitative estimate of drug-likeness (QED) is 0.884. The van der Waals surface area contributed by atoms with Gasteiger partial charge in [0.05, 0.1) is 5.02 Å². The van der Waals surface area contributed by atoms with E-state index in [4.69, 9.17) is 22.1 Å². The summed E-state index contributed by atoms with van der Waals surface area (Å²) in [4.78, 5) is 0. The van der Waals surface area contributed by atoms with Crippen molar-refractivity contribution < 1.29 is 9.13 Å². The standard InChI is InChI=1S/C13H17ClFNO/c14-11-3-2-10(8-12(11)15)9-13(16)4-1-6-17-7-5-13/h2-3,8H,1,4-7,9,16H2. The number of hydrogen-bond acceptors (Lipinski definition) is 2. The van der Waals surface area contributed by atoms with E-state index in [0.717, 1.165) is 31.4 Å². The van der Waals surface area contributed by atoms with Crippen LogP contribution >= 0.6 is 11.6 Å². The molecule has 1 aliphatic heterocycles. The Balaban J connectivity index is 2.10. The van der Waals surface area contributed by atoms with Crippen molar-refractivity contribution in [3.8, 4) is 0 Å². The van der Waals surface area contributed by atoms with Crippen molar-refractivity contribution in [3.63, 3.8) is 0 Å². The van der Waals surface area contributed by atoms with Crippen LogP contribution in [0, 0.1) is 5.82 Å². The van der Waals surface area contributed by atoms with Gasteiger partial charge in [0.25, 0.3) is 0 Å². The van der Waals surface area contributed by atoms with E-state index in [0.29, 0.717) is 13.0 Å². The minimum Gasteiger partial charge on any atom is -0.381 e. The van der Waals surface area contributed by atoms with Crippen LogP contribution in [-0.2, 0) is 11.2 Å². The Morgan fingerprint density at radius 1 is 1.35 bits per heavy atom. The average Bonchev–Trinajstić information content (AvgIpc) is 2.49. The first kappa shape index (κ1) is 12.8. The van der Waals surface area contributed by atoms with E-state index in [-0.39, 0.29) is 16.4 Å². The second-order valence-electron chi connectivity index (χ2n) is 4.75.